The van der Waals surface area contributed by atoms with Crippen molar-refractivity contribution in [2.24, 2.45) is 0 Å². The second-order valence-electron chi connectivity index (χ2n) is 5.68. The van der Waals surface area contributed by atoms with Gasteiger partial charge in [0.15, 0.2) is 0 Å². The van der Waals surface area contributed by atoms with Crippen molar-refractivity contribution in [2.75, 3.05) is 12.4 Å². The molecule has 2 aromatic carbocycles. The van der Waals surface area contributed by atoms with E-state index in [0.29, 0.717) is 28.1 Å². The van der Waals surface area contributed by atoms with Crippen LogP contribution < -0.4 is 5.32 Å². The lowest BCUT2D eigenvalue weighted by Crippen LogP contribution is -2.27. The third-order valence-corrected chi connectivity index (χ3v) is 4.24. The van der Waals surface area contributed by atoms with Gasteiger partial charge in [-0.15, -0.1) is 0 Å². The van der Waals surface area contributed by atoms with Gasteiger partial charge in [0.1, 0.15) is 11.5 Å². The number of hydrogen-bond acceptors (Lipinski definition) is 4. The molecule has 0 bridgehead atoms. The summed E-state index contributed by atoms with van der Waals surface area (Å²) in [4.78, 5) is 22.5. The van der Waals surface area contributed by atoms with E-state index >= 15 is 0 Å². The highest BCUT2D eigenvalue weighted by atomic mass is 35.5. The van der Waals surface area contributed by atoms with E-state index < -0.39 is 0 Å². The van der Waals surface area contributed by atoms with Crippen LogP contribution in [0.25, 0.3) is 0 Å². The number of nitrogens with zero attached hydrogens (tertiary/aromatic N) is 3. The molecule has 0 radical (unpaired) electrons. The lowest BCUT2D eigenvalue weighted by atomic mass is 10.2. The van der Waals surface area contributed by atoms with Crippen LogP contribution in [0.1, 0.15) is 16.1 Å². The van der Waals surface area contributed by atoms with Gasteiger partial charge in [-0.25, -0.2) is 9.97 Å². The minimum absolute atomic E-state index is 0.200. The van der Waals surface area contributed by atoms with Crippen molar-refractivity contribution in [3.8, 4) is 0 Å². The first kappa shape index (κ1) is 18.2. The number of carbonyl (C=O) groups excluding carboxylic acids is 1. The Morgan fingerprint density at radius 1 is 1.08 bits per heavy atom. The smallest absolute Gasteiger partial charge is 0.274 e. The molecule has 0 saturated heterocycles. The van der Waals surface area contributed by atoms with E-state index in [9.17, 15) is 4.79 Å². The molecule has 1 aromatic heterocycles. The molecule has 0 aliphatic heterocycles. The fraction of sp³-hybridized carbons (Fsp3) is 0.105. The van der Waals surface area contributed by atoms with E-state index in [1.165, 1.54) is 12.4 Å². The van der Waals surface area contributed by atoms with Gasteiger partial charge < -0.3 is 10.2 Å². The van der Waals surface area contributed by atoms with Crippen molar-refractivity contribution >= 4 is 40.6 Å². The maximum atomic E-state index is 12.5. The summed E-state index contributed by atoms with van der Waals surface area (Å²) in [5, 5.41) is 4.10. The Morgan fingerprint density at radius 2 is 1.85 bits per heavy atom. The summed E-state index contributed by atoms with van der Waals surface area (Å²) in [5.74, 6) is 0.269. The molecule has 26 heavy (non-hydrogen) atoms. The first-order valence-electron chi connectivity index (χ1n) is 7.86. The minimum atomic E-state index is -0.200. The topological polar surface area (TPSA) is 58.1 Å². The molecule has 1 N–H and O–H groups in total. The van der Waals surface area contributed by atoms with Gasteiger partial charge in [0.2, 0.25) is 0 Å². The highest BCUT2D eigenvalue weighted by Gasteiger charge is 2.14. The lowest BCUT2D eigenvalue weighted by molar-refractivity contribution is 0.0779. The maximum Gasteiger partial charge on any atom is 0.274 e. The zero-order valence-corrected chi connectivity index (χ0v) is 15.5. The predicted molar refractivity (Wildman–Crippen MR) is 104 cm³/mol. The van der Waals surface area contributed by atoms with E-state index in [4.69, 9.17) is 23.2 Å². The molecule has 5 nitrogen and oxygen atoms in total. The van der Waals surface area contributed by atoms with Crippen LogP contribution in [0.15, 0.2) is 60.9 Å². The zero-order chi connectivity index (χ0) is 18.5. The predicted octanol–water partition coefficient (Wildman–Crippen LogP) is 4.80. The Bertz CT molecular complexity index is 901. The third kappa shape index (κ3) is 4.50. The molecule has 0 unspecified atom stereocenters. The molecule has 1 amide bonds. The Labute approximate surface area is 161 Å². The Morgan fingerprint density at radius 3 is 2.54 bits per heavy atom. The van der Waals surface area contributed by atoms with Crippen molar-refractivity contribution in [3.63, 3.8) is 0 Å². The van der Waals surface area contributed by atoms with Crippen LogP contribution in [0.3, 0.4) is 0 Å². The number of amides is 1. The molecule has 0 aliphatic carbocycles. The molecule has 0 saturated carbocycles. The zero-order valence-electron chi connectivity index (χ0n) is 14.0. The van der Waals surface area contributed by atoms with Crippen LogP contribution in [0.2, 0.25) is 10.0 Å². The monoisotopic (exact) mass is 386 g/mol. The van der Waals surface area contributed by atoms with E-state index in [2.05, 4.69) is 15.3 Å². The third-order valence-electron chi connectivity index (χ3n) is 3.67. The number of hydrogen-bond donors (Lipinski definition) is 1. The molecule has 1 heterocycles. The van der Waals surface area contributed by atoms with E-state index in [1.54, 1.807) is 30.1 Å². The SMILES string of the molecule is CN(Cc1ccccc1)C(=O)c1cnc(Nc2cc(Cl)ccc2Cl)cn1. The van der Waals surface area contributed by atoms with Crippen molar-refractivity contribution in [2.45, 2.75) is 6.54 Å². The Balaban J connectivity index is 1.68. The minimum Gasteiger partial charge on any atom is -0.338 e. The number of anilines is 2. The van der Waals surface area contributed by atoms with Crippen molar-refractivity contribution < 1.29 is 4.79 Å². The van der Waals surface area contributed by atoms with Gasteiger partial charge in [0, 0.05) is 18.6 Å². The second-order valence-corrected chi connectivity index (χ2v) is 6.53. The number of rotatable bonds is 5. The second kappa shape index (κ2) is 8.17. The molecule has 132 valence electrons. The van der Waals surface area contributed by atoms with Gasteiger partial charge in [-0.3, -0.25) is 4.79 Å². The van der Waals surface area contributed by atoms with Gasteiger partial charge in [0.25, 0.3) is 5.91 Å². The van der Waals surface area contributed by atoms with Crippen LogP contribution in [0.5, 0.6) is 0 Å². The first-order chi connectivity index (χ1) is 12.5. The summed E-state index contributed by atoms with van der Waals surface area (Å²) >= 11 is 12.1. The average molecular weight is 387 g/mol. The molecule has 7 heteroatoms. The molecule has 0 fully saturated rings. The molecule has 3 rings (SSSR count). The maximum absolute atomic E-state index is 12.5. The first-order valence-corrected chi connectivity index (χ1v) is 8.62. The number of aromatic nitrogens is 2. The van der Waals surface area contributed by atoms with Gasteiger partial charge in [-0.05, 0) is 23.8 Å². The number of halogens is 2. The summed E-state index contributed by atoms with van der Waals surface area (Å²) in [5.41, 5.74) is 1.94. The highest BCUT2D eigenvalue weighted by molar-refractivity contribution is 6.35. The van der Waals surface area contributed by atoms with Crippen LogP contribution in [-0.4, -0.2) is 27.8 Å². The quantitative estimate of drug-likeness (QED) is 0.683. The van der Waals surface area contributed by atoms with E-state index in [1.807, 2.05) is 30.3 Å². The van der Waals surface area contributed by atoms with Gasteiger partial charge in [-0.1, -0.05) is 53.5 Å². The van der Waals surface area contributed by atoms with Crippen molar-refractivity contribution in [1.29, 1.82) is 0 Å². The van der Waals surface area contributed by atoms with Crippen LogP contribution >= 0.6 is 23.2 Å². The molecule has 3 aromatic rings. The Kier molecular flexibility index (Phi) is 5.71. The van der Waals surface area contributed by atoms with Crippen LogP contribution in [0, 0.1) is 0 Å². The van der Waals surface area contributed by atoms with Crippen LogP contribution in [-0.2, 0) is 6.54 Å². The summed E-state index contributed by atoms with van der Waals surface area (Å²) in [6.07, 6.45) is 2.92. The fourth-order valence-electron chi connectivity index (χ4n) is 2.36. The van der Waals surface area contributed by atoms with Crippen LogP contribution in [0.4, 0.5) is 11.5 Å². The average Bonchev–Trinajstić information content (AvgIpc) is 2.65. The van der Waals surface area contributed by atoms with Gasteiger partial charge in [0.05, 0.1) is 23.1 Å². The normalized spacial score (nSPS) is 10.4. The lowest BCUT2D eigenvalue weighted by Gasteiger charge is -2.16. The fourth-order valence-corrected chi connectivity index (χ4v) is 2.70. The number of benzene rings is 2. The number of nitrogens with one attached hydrogen (secondary N) is 1. The van der Waals surface area contributed by atoms with Gasteiger partial charge >= 0.3 is 0 Å². The summed E-state index contributed by atoms with van der Waals surface area (Å²) in [6.45, 7) is 0.499. The summed E-state index contributed by atoms with van der Waals surface area (Å²) < 4.78 is 0. The molecule has 0 spiro atoms. The van der Waals surface area contributed by atoms with Gasteiger partial charge in [-0.2, -0.15) is 0 Å². The number of carbonyl (C=O) groups is 1. The largest absolute Gasteiger partial charge is 0.338 e. The van der Waals surface area contributed by atoms with Crippen molar-refractivity contribution in [3.05, 3.63) is 82.2 Å². The molecule has 0 atom stereocenters. The van der Waals surface area contributed by atoms with E-state index in [0.717, 1.165) is 5.56 Å². The highest BCUT2D eigenvalue weighted by Crippen LogP contribution is 2.27. The Hall–Kier alpha value is -2.63. The standard InChI is InChI=1S/C19H16Cl2N4O/c1-25(12-13-5-3-2-4-6-13)19(26)17-10-23-18(11-22-17)24-16-9-14(20)7-8-15(16)21/h2-11H,12H2,1H3,(H,23,24). The van der Waals surface area contributed by atoms with E-state index in [-0.39, 0.29) is 11.6 Å². The molecular formula is C19H16Cl2N4O. The summed E-state index contributed by atoms with van der Waals surface area (Å²) in [6, 6.07) is 14.8. The molecule has 0 aliphatic rings. The summed E-state index contributed by atoms with van der Waals surface area (Å²) in [7, 11) is 1.73. The molecular weight excluding hydrogens is 371 g/mol. The van der Waals surface area contributed by atoms with Crippen molar-refractivity contribution in [1.82, 2.24) is 14.9 Å².